The molecule has 0 spiro atoms. The summed E-state index contributed by atoms with van der Waals surface area (Å²) in [7, 11) is 0. The normalized spacial score (nSPS) is 13.6. The summed E-state index contributed by atoms with van der Waals surface area (Å²) in [6.45, 7) is 0. The van der Waals surface area contributed by atoms with Crippen molar-refractivity contribution in [3.05, 3.63) is 29.6 Å². The van der Waals surface area contributed by atoms with Crippen LogP contribution >= 0.6 is 0 Å². The summed E-state index contributed by atoms with van der Waals surface area (Å²) < 4.78 is 74.1. The maximum absolute atomic E-state index is 12.8. The molecule has 0 radical (unpaired) electrons. The van der Waals surface area contributed by atoms with Gasteiger partial charge < -0.3 is 9.29 Å². The molecule has 8 heteroatoms. The molecule has 1 aromatic carbocycles. The number of halogens is 4. The minimum Gasteiger partial charge on any atom is -0.770 e. The van der Waals surface area contributed by atoms with E-state index < -0.39 is 34.6 Å². The van der Waals surface area contributed by atoms with Crippen molar-refractivity contribution in [1.82, 2.24) is 0 Å². The third kappa shape index (κ3) is 3.46. The minimum absolute atomic E-state index is 0.363. The molecule has 0 saturated carbocycles. The quantitative estimate of drug-likeness (QED) is 0.615. The van der Waals surface area contributed by atoms with Crippen LogP contribution < -0.4 is 4.74 Å². The van der Waals surface area contributed by atoms with Crippen molar-refractivity contribution in [2.75, 3.05) is 5.94 Å². The van der Waals surface area contributed by atoms with Crippen LogP contribution in [0.3, 0.4) is 0 Å². The first-order valence-electron chi connectivity index (χ1n) is 3.86. The Morgan fingerprint density at radius 1 is 1.38 bits per heavy atom. The highest BCUT2D eigenvalue weighted by Gasteiger charge is 2.34. The zero-order valence-electron chi connectivity index (χ0n) is 7.58. The standard InChI is InChI=1S/C8H6F4O3S/c9-7-2-1-5(15-4-16(13)14)3-6(7)8(10,11)12/h1-3H,4H2,(H,13,14)/p-1. The number of rotatable bonds is 3. The zero-order chi connectivity index (χ0) is 12.3. The van der Waals surface area contributed by atoms with Crippen molar-refractivity contribution in [3.63, 3.8) is 0 Å². The first kappa shape index (κ1) is 12.9. The molecule has 3 nitrogen and oxygen atoms in total. The third-order valence-electron chi connectivity index (χ3n) is 1.57. The lowest BCUT2D eigenvalue weighted by atomic mass is 10.2. The van der Waals surface area contributed by atoms with Crippen molar-refractivity contribution < 1.29 is 31.1 Å². The summed E-state index contributed by atoms with van der Waals surface area (Å²) in [6.07, 6.45) is -4.85. The Kier molecular flexibility index (Phi) is 3.87. The number of hydrogen-bond donors (Lipinski definition) is 0. The molecular formula is C8H5F4O3S-. The second-order valence-corrected chi connectivity index (χ2v) is 3.55. The maximum atomic E-state index is 12.8. The molecule has 0 aliphatic heterocycles. The molecule has 1 aromatic rings. The molecule has 0 bridgehead atoms. The molecule has 1 atom stereocenters. The van der Waals surface area contributed by atoms with Gasteiger partial charge in [-0.05, 0) is 29.3 Å². The van der Waals surface area contributed by atoms with Crippen LogP contribution in [0.5, 0.6) is 5.75 Å². The van der Waals surface area contributed by atoms with Gasteiger partial charge in [-0.25, -0.2) is 4.39 Å². The van der Waals surface area contributed by atoms with Crippen molar-refractivity contribution >= 4 is 11.1 Å². The van der Waals surface area contributed by atoms with Gasteiger partial charge >= 0.3 is 6.18 Å². The van der Waals surface area contributed by atoms with E-state index in [4.69, 9.17) is 0 Å². The molecule has 16 heavy (non-hydrogen) atoms. The first-order chi connectivity index (χ1) is 7.30. The van der Waals surface area contributed by atoms with Gasteiger partial charge in [0.25, 0.3) is 0 Å². The fourth-order valence-corrected chi connectivity index (χ4v) is 1.16. The molecule has 1 rings (SSSR count). The van der Waals surface area contributed by atoms with Gasteiger partial charge in [0.15, 0.2) is 0 Å². The highest BCUT2D eigenvalue weighted by molar-refractivity contribution is 7.78. The number of hydrogen-bond acceptors (Lipinski definition) is 3. The summed E-state index contributed by atoms with van der Waals surface area (Å²) in [5.74, 6) is -2.59. The van der Waals surface area contributed by atoms with Crippen molar-refractivity contribution in [2.45, 2.75) is 6.18 Å². The van der Waals surface area contributed by atoms with Crippen LogP contribution in [0.1, 0.15) is 5.56 Å². The maximum Gasteiger partial charge on any atom is 0.419 e. The SMILES string of the molecule is O=S([O-])COc1ccc(F)c(C(F)(F)F)c1. The van der Waals surface area contributed by atoms with Crippen LogP contribution in [0.2, 0.25) is 0 Å². The molecular weight excluding hydrogens is 252 g/mol. The average molecular weight is 257 g/mol. The number of benzene rings is 1. The van der Waals surface area contributed by atoms with Crippen molar-refractivity contribution in [3.8, 4) is 5.75 Å². The molecule has 0 N–H and O–H groups in total. The summed E-state index contributed by atoms with van der Waals surface area (Å²) >= 11 is -2.55. The molecule has 0 aliphatic rings. The monoisotopic (exact) mass is 257 g/mol. The Morgan fingerprint density at radius 2 is 2.00 bits per heavy atom. The van der Waals surface area contributed by atoms with Crippen molar-refractivity contribution in [1.29, 1.82) is 0 Å². The highest BCUT2D eigenvalue weighted by atomic mass is 32.2. The number of alkyl halides is 3. The summed E-state index contributed by atoms with van der Waals surface area (Å²) in [5.41, 5.74) is -1.50. The summed E-state index contributed by atoms with van der Waals surface area (Å²) in [4.78, 5) is 0. The van der Waals surface area contributed by atoms with Crippen LogP contribution in [0, 0.1) is 5.82 Å². The van der Waals surface area contributed by atoms with Gasteiger partial charge in [-0.2, -0.15) is 13.2 Å². The molecule has 90 valence electrons. The van der Waals surface area contributed by atoms with E-state index in [9.17, 15) is 26.3 Å². The van der Waals surface area contributed by atoms with Gasteiger partial charge in [0.05, 0.1) is 5.56 Å². The molecule has 1 unspecified atom stereocenters. The molecule has 0 amide bonds. The number of ether oxygens (including phenoxy) is 1. The van der Waals surface area contributed by atoms with E-state index in [0.29, 0.717) is 12.1 Å². The van der Waals surface area contributed by atoms with Gasteiger partial charge in [-0.15, -0.1) is 0 Å². The lowest BCUT2D eigenvalue weighted by Gasteiger charge is -2.11. The van der Waals surface area contributed by atoms with E-state index in [1.54, 1.807) is 0 Å². The molecule has 0 heterocycles. The van der Waals surface area contributed by atoms with Crippen LogP contribution in [-0.2, 0) is 17.3 Å². The van der Waals surface area contributed by atoms with E-state index >= 15 is 0 Å². The summed E-state index contributed by atoms with van der Waals surface area (Å²) in [5, 5.41) is 0. The summed E-state index contributed by atoms with van der Waals surface area (Å²) in [6, 6.07) is 1.88. The second-order valence-electron chi connectivity index (χ2n) is 2.71. The van der Waals surface area contributed by atoms with E-state index in [-0.39, 0.29) is 5.75 Å². The second kappa shape index (κ2) is 4.79. The van der Waals surface area contributed by atoms with E-state index in [1.165, 1.54) is 0 Å². The van der Waals surface area contributed by atoms with Gasteiger partial charge in [0.2, 0.25) is 0 Å². The first-order valence-corrected chi connectivity index (χ1v) is 5.10. The van der Waals surface area contributed by atoms with E-state index in [1.807, 2.05) is 0 Å². The Hall–Kier alpha value is -1.15. The fourth-order valence-electron chi connectivity index (χ4n) is 0.928. The zero-order valence-corrected chi connectivity index (χ0v) is 8.40. The van der Waals surface area contributed by atoms with Gasteiger partial charge in [-0.1, -0.05) is 0 Å². The average Bonchev–Trinajstić information content (AvgIpc) is 2.14. The smallest absolute Gasteiger partial charge is 0.419 e. The highest BCUT2D eigenvalue weighted by Crippen LogP contribution is 2.33. The molecule has 0 aliphatic carbocycles. The van der Waals surface area contributed by atoms with E-state index in [0.717, 1.165) is 6.07 Å². The molecule has 0 aromatic heterocycles. The van der Waals surface area contributed by atoms with Crippen LogP contribution in [-0.4, -0.2) is 14.7 Å². The largest absolute Gasteiger partial charge is 0.770 e. The Morgan fingerprint density at radius 3 is 2.50 bits per heavy atom. The van der Waals surface area contributed by atoms with Crippen molar-refractivity contribution in [2.24, 2.45) is 0 Å². The van der Waals surface area contributed by atoms with Gasteiger partial charge in [0.1, 0.15) is 17.5 Å². The topological polar surface area (TPSA) is 49.4 Å². The molecule has 0 saturated heterocycles. The fraction of sp³-hybridized carbons (Fsp3) is 0.250. The Balaban J connectivity index is 2.94. The minimum atomic E-state index is -4.85. The van der Waals surface area contributed by atoms with Crippen LogP contribution in [0.4, 0.5) is 17.6 Å². The Bertz CT molecular complexity index is 405. The lowest BCUT2D eigenvalue weighted by Crippen LogP contribution is -2.09. The third-order valence-corrected chi connectivity index (χ3v) is 1.88. The van der Waals surface area contributed by atoms with Gasteiger partial charge in [0, 0.05) is 0 Å². The van der Waals surface area contributed by atoms with E-state index in [2.05, 4.69) is 4.74 Å². The Labute approximate surface area is 90.3 Å². The van der Waals surface area contributed by atoms with Crippen LogP contribution in [0.15, 0.2) is 18.2 Å². The predicted molar refractivity (Wildman–Crippen MR) is 45.8 cm³/mol. The predicted octanol–water partition coefficient (Wildman–Crippen LogP) is 2.06. The molecule has 0 fully saturated rings. The van der Waals surface area contributed by atoms with Crippen LogP contribution in [0.25, 0.3) is 0 Å². The van der Waals surface area contributed by atoms with Gasteiger partial charge in [-0.3, -0.25) is 4.21 Å². The lowest BCUT2D eigenvalue weighted by molar-refractivity contribution is -0.140.